The highest BCUT2D eigenvalue weighted by molar-refractivity contribution is 5.97. The van der Waals surface area contributed by atoms with Gasteiger partial charge in [0.05, 0.1) is 12.2 Å². The molecule has 0 bridgehead atoms. The summed E-state index contributed by atoms with van der Waals surface area (Å²) in [4.78, 5) is 29.3. The van der Waals surface area contributed by atoms with Gasteiger partial charge in [-0.1, -0.05) is 12.1 Å². The first-order valence-corrected chi connectivity index (χ1v) is 10.0. The molecule has 7 nitrogen and oxygen atoms in total. The predicted octanol–water partition coefficient (Wildman–Crippen LogP) is 2.22. The van der Waals surface area contributed by atoms with Gasteiger partial charge in [0.15, 0.2) is 5.69 Å². The minimum Gasteiger partial charge on any atom is -0.493 e. The standard InChI is InChI=1S/C21H26N4O3/c1-2-28-19-9-4-3-8-17(19)20(26)23-11-13-24(14-12-23)21(27)18-15-16-7-5-6-10-25(16)22-18/h3-4,8-9,15H,2,5-7,10-14H2,1H3. The van der Waals surface area contributed by atoms with Gasteiger partial charge < -0.3 is 14.5 Å². The van der Waals surface area contributed by atoms with Gasteiger partial charge in [-0.15, -0.1) is 0 Å². The number of rotatable bonds is 4. The van der Waals surface area contributed by atoms with E-state index < -0.39 is 0 Å². The van der Waals surface area contributed by atoms with Crippen LogP contribution in [0.1, 0.15) is 46.3 Å². The van der Waals surface area contributed by atoms with Gasteiger partial charge in [-0.05, 0) is 44.4 Å². The van der Waals surface area contributed by atoms with Crippen LogP contribution in [0.5, 0.6) is 5.75 Å². The molecule has 0 saturated carbocycles. The lowest BCUT2D eigenvalue weighted by Crippen LogP contribution is -2.50. The molecule has 0 spiro atoms. The molecule has 2 amide bonds. The van der Waals surface area contributed by atoms with Gasteiger partial charge >= 0.3 is 0 Å². The van der Waals surface area contributed by atoms with Gasteiger partial charge in [0, 0.05) is 38.4 Å². The third-order valence-corrected chi connectivity index (χ3v) is 5.41. The van der Waals surface area contributed by atoms with E-state index in [1.54, 1.807) is 15.9 Å². The van der Waals surface area contributed by atoms with Crippen molar-refractivity contribution in [1.29, 1.82) is 0 Å². The van der Waals surface area contributed by atoms with Crippen molar-refractivity contribution < 1.29 is 14.3 Å². The van der Waals surface area contributed by atoms with Crippen molar-refractivity contribution in [3.05, 3.63) is 47.3 Å². The molecule has 3 heterocycles. The Hall–Kier alpha value is -2.83. The summed E-state index contributed by atoms with van der Waals surface area (Å²) in [6.45, 7) is 5.37. The topological polar surface area (TPSA) is 67.7 Å². The van der Waals surface area contributed by atoms with Crippen molar-refractivity contribution >= 4 is 11.8 Å². The normalized spacial score (nSPS) is 16.6. The van der Waals surface area contributed by atoms with Crippen molar-refractivity contribution in [2.75, 3.05) is 32.8 Å². The molecule has 0 atom stereocenters. The Kier molecular flexibility index (Phi) is 5.32. The van der Waals surface area contributed by atoms with Crippen LogP contribution in [0.2, 0.25) is 0 Å². The second-order valence-electron chi connectivity index (χ2n) is 7.21. The number of nitrogens with zero attached hydrogens (tertiary/aromatic N) is 4. The summed E-state index contributed by atoms with van der Waals surface area (Å²) in [6.07, 6.45) is 3.26. The summed E-state index contributed by atoms with van der Waals surface area (Å²) in [7, 11) is 0. The van der Waals surface area contributed by atoms with Gasteiger partial charge in [0.25, 0.3) is 11.8 Å². The summed E-state index contributed by atoms with van der Waals surface area (Å²) in [6, 6.07) is 9.24. The summed E-state index contributed by atoms with van der Waals surface area (Å²) in [5.41, 5.74) is 2.25. The highest BCUT2D eigenvalue weighted by Gasteiger charge is 2.28. The van der Waals surface area contributed by atoms with Crippen LogP contribution in [0.3, 0.4) is 0 Å². The average Bonchev–Trinajstić information content (AvgIpc) is 3.18. The van der Waals surface area contributed by atoms with Gasteiger partial charge in [-0.25, -0.2) is 0 Å². The van der Waals surface area contributed by atoms with Crippen LogP contribution >= 0.6 is 0 Å². The molecule has 2 aromatic rings. The SMILES string of the molecule is CCOc1ccccc1C(=O)N1CCN(C(=O)c2cc3n(n2)CCCC3)CC1. The predicted molar refractivity (Wildman–Crippen MR) is 105 cm³/mol. The number of amides is 2. The van der Waals surface area contributed by atoms with Gasteiger partial charge in [0.2, 0.25) is 0 Å². The number of para-hydroxylation sites is 1. The zero-order valence-electron chi connectivity index (χ0n) is 16.3. The lowest BCUT2D eigenvalue weighted by atomic mass is 10.1. The molecule has 0 aliphatic carbocycles. The molecule has 4 rings (SSSR count). The molecule has 28 heavy (non-hydrogen) atoms. The number of aromatic nitrogens is 2. The Labute approximate surface area is 164 Å². The van der Waals surface area contributed by atoms with E-state index in [1.165, 1.54) is 0 Å². The van der Waals surface area contributed by atoms with Crippen LogP contribution < -0.4 is 4.74 Å². The molecule has 2 aliphatic heterocycles. The van der Waals surface area contributed by atoms with Crippen LogP contribution in [0.4, 0.5) is 0 Å². The number of carbonyl (C=O) groups excluding carboxylic acids is 2. The second-order valence-corrected chi connectivity index (χ2v) is 7.21. The lowest BCUT2D eigenvalue weighted by molar-refractivity contribution is 0.0529. The molecule has 2 aliphatic rings. The fourth-order valence-electron chi connectivity index (χ4n) is 3.89. The number of ether oxygens (including phenoxy) is 1. The molecule has 0 radical (unpaired) electrons. The fourth-order valence-corrected chi connectivity index (χ4v) is 3.89. The van der Waals surface area contributed by atoms with Crippen LogP contribution in [0.25, 0.3) is 0 Å². The molecular weight excluding hydrogens is 356 g/mol. The summed E-state index contributed by atoms with van der Waals surface area (Å²) >= 11 is 0. The Bertz CT molecular complexity index is 845. The number of aryl methyl sites for hydroxylation is 2. The largest absolute Gasteiger partial charge is 0.493 e. The maximum atomic E-state index is 12.9. The number of fused-ring (bicyclic) bond motifs is 1. The number of piperazine rings is 1. The second kappa shape index (κ2) is 8.04. The molecule has 0 N–H and O–H groups in total. The van der Waals surface area contributed by atoms with E-state index in [4.69, 9.17) is 4.74 Å². The Morgan fingerprint density at radius 2 is 1.71 bits per heavy atom. The number of carbonyl (C=O) groups is 2. The van der Waals surface area contributed by atoms with Gasteiger partial charge in [-0.3, -0.25) is 14.3 Å². The first-order chi connectivity index (χ1) is 13.7. The minimum absolute atomic E-state index is 0.0382. The van der Waals surface area contributed by atoms with E-state index in [2.05, 4.69) is 5.10 Å². The number of hydrogen-bond donors (Lipinski definition) is 0. The summed E-state index contributed by atoms with van der Waals surface area (Å²) in [5.74, 6) is 0.523. The smallest absolute Gasteiger partial charge is 0.274 e. The molecule has 1 fully saturated rings. The molecule has 1 aromatic carbocycles. The van der Waals surface area contributed by atoms with E-state index in [-0.39, 0.29) is 11.8 Å². The quantitative estimate of drug-likeness (QED) is 0.813. The molecule has 0 unspecified atom stereocenters. The molecule has 7 heteroatoms. The lowest BCUT2D eigenvalue weighted by Gasteiger charge is -2.34. The van der Waals surface area contributed by atoms with E-state index in [9.17, 15) is 9.59 Å². The number of hydrogen-bond acceptors (Lipinski definition) is 4. The highest BCUT2D eigenvalue weighted by Crippen LogP contribution is 2.21. The minimum atomic E-state index is -0.0476. The molecule has 1 saturated heterocycles. The molecule has 1 aromatic heterocycles. The first-order valence-electron chi connectivity index (χ1n) is 10.0. The van der Waals surface area contributed by atoms with Crippen molar-refractivity contribution in [1.82, 2.24) is 19.6 Å². The Morgan fingerprint density at radius 1 is 1.00 bits per heavy atom. The average molecular weight is 382 g/mol. The maximum Gasteiger partial charge on any atom is 0.274 e. The van der Waals surface area contributed by atoms with Crippen molar-refractivity contribution in [3.8, 4) is 5.75 Å². The van der Waals surface area contributed by atoms with Crippen LogP contribution in [0, 0.1) is 0 Å². The third kappa shape index (κ3) is 3.61. The zero-order valence-corrected chi connectivity index (χ0v) is 16.3. The highest BCUT2D eigenvalue weighted by atomic mass is 16.5. The van der Waals surface area contributed by atoms with E-state index in [0.717, 1.165) is 31.5 Å². The summed E-state index contributed by atoms with van der Waals surface area (Å²) in [5, 5.41) is 4.49. The Balaban J connectivity index is 1.40. The fraction of sp³-hybridized carbons (Fsp3) is 0.476. The molecule has 148 valence electrons. The van der Waals surface area contributed by atoms with E-state index >= 15 is 0 Å². The van der Waals surface area contributed by atoms with Gasteiger partial charge in [-0.2, -0.15) is 5.10 Å². The van der Waals surface area contributed by atoms with Crippen molar-refractivity contribution in [3.63, 3.8) is 0 Å². The van der Waals surface area contributed by atoms with Crippen LogP contribution in [0.15, 0.2) is 30.3 Å². The van der Waals surface area contributed by atoms with Crippen LogP contribution in [-0.2, 0) is 13.0 Å². The number of benzene rings is 1. The maximum absolute atomic E-state index is 12.9. The van der Waals surface area contributed by atoms with E-state index in [1.807, 2.05) is 35.9 Å². The van der Waals surface area contributed by atoms with Gasteiger partial charge in [0.1, 0.15) is 5.75 Å². The first kappa shape index (κ1) is 18.5. The van der Waals surface area contributed by atoms with Crippen LogP contribution in [-0.4, -0.2) is 64.2 Å². The summed E-state index contributed by atoms with van der Waals surface area (Å²) < 4.78 is 7.54. The van der Waals surface area contributed by atoms with Crippen molar-refractivity contribution in [2.45, 2.75) is 32.7 Å². The van der Waals surface area contributed by atoms with Crippen molar-refractivity contribution in [2.24, 2.45) is 0 Å². The zero-order chi connectivity index (χ0) is 19.5. The third-order valence-electron chi connectivity index (χ3n) is 5.41. The molecular formula is C21H26N4O3. The monoisotopic (exact) mass is 382 g/mol. The van der Waals surface area contributed by atoms with E-state index in [0.29, 0.717) is 49.8 Å². The Morgan fingerprint density at radius 3 is 2.43 bits per heavy atom.